The third-order valence-electron chi connectivity index (χ3n) is 4.15. The normalized spacial score (nSPS) is 11.7. The summed E-state index contributed by atoms with van der Waals surface area (Å²) in [6, 6.07) is 6.94. The van der Waals surface area contributed by atoms with Crippen LogP contribution in [0.5, 0.6) is 0 Å². The number of methoxy groups -OCH3 is 1. The van der Waals surface area contributed by atoms with E-state index < -0.39 is 5.97 Å². The summed E-state index contributed by atoms with van der Waals surface area (Å²) < 4.78 is 4.78. The number of halogens is 1. The van der Waals surface area contributed by atoms with Gasteiger partial charge in [0, 0.05) is 17.6 Å². The molecular formula is C19H21ClN2O4. The van der Waals surface area contributed by atoms with E-state index in [0.29, 0.717) is 22.0 Å². The average molecular weight is 377 g/mol. The fraction of sp³-hybridized carbons (Fsp3) is 0.316. The highest BCUT2D eigenvalue weighted by Crippen LogP contribution is 2.21. The lowest BCUT2D eigenvalue weighted by Gasteiger charge is -2.14. The Morgan fingerprint density at radius 1 is 1.23 bits per heavy atom. The second-order valence-electron chi connectivity index (χ2n) is 6.04. The number of amides is 1. The van der Waals surface area contributed by atoms with E-state index in [1.165, 1.54) is 14.0 Å². The van der Waals surface area contributed by atoms with Crippen molar-refractivity contribution in [3.8, 4) is 0 Å². The number of aromatic amines is 1. The van der Waals surface area contributed by atoms with Gasteiger partial charge < -0.3 is 15.0 Å². The summed E-state index contributed by atoms with van der Waals surface area (Å²) in [7, 11) is 1.26. The molecule has 138 valence electrons. The minimum absolute atomic E-state index is 0.0729. The zero-order valence-corrected chi connectivity index (χ0v) is 15.9. The van der Waals surface area contributed by atoms with E-state index in [4.69, 9.17) is 16.3 Å². The molecule has 0 saturated heterocycles. The number of benzene rings is 1. The molecule has 0 bridgehead atoms. The molecule has 0 aliphatic carbocycles. The molecular weight excluding hydrogens is 356 g/mol. The maximum absolute atomic E-state index is 12.4. The first-order valence-corrected chi connectivity index (χ1v) is 8.47. The number of carbonyl (C=O) groups excluding carboxylic acids is 3. The van der Waals surface area contributed by atoms with Crippen LogP contribution in [0.1, 0.15) is 57.6 Å². The minimum Gasteiger partial charge on any atom is -0.465 e. The Morgan fingerprint density at radius 3 is 2.38 bits per heavy atom. The molecule has 1 aromatic carbocycles. The lowest BCUT2D eigenvalue weighted by atomic mass is 10.1. The van der Waals surface area contributed by atoms with Crippen LogP contribution < -0.4 is 5.32 Å². The highest BCUT2D eigenvalue weighted by atomic mass is 35.5. The Balaban J connectivity index is 2.20. The number of Topliss-reactive ketones (excluding diaryl/α,β-unsaturated/α-hetero) is 1. The number of hydrogen-bond donors (Lipinski definition) is 2. The molecule has 2 N–H and O–H groups in total. The molecule has 0 spiro atoms. The maximum Gasteiger partial charge on any atom is 0.339 e. The number of aromatic nitrogens is 1. The molecule has 26 heavy (non-hydrogen) atoms. The summed E-state index contributed by atoms with van der Waals surface area (Å²) in [4.78, 5) is 39.1. The van der Waals surface area contributed by atoms with Gasteiger partial charge in [-0.25, -0.2) is 4.79 Å². The molecule has 1 amide bonds. The van der Waals surface area contributed by atoms with Gasteiger partial charge in [0.1, 0.15) is 0 Å². The van der Waals surface area contributed by atoms with E-state index in [1.807, 2.05) is 19.1 Å². The number of hydrogen-bond acceptors (Lipinski definition) is 4. The highest BCUT2D eigenvalue weighted by molar-refractivity contribution is 6.30. The van der Waals surface area contributed by atoms with Crippen molar-refractivity contribution in [2.75, 3.05) is 7.11 Å². The Hall–Kier alpha value is -2.60. The summed E-state index contributed by atoms with van der Waals surface area (Å²) in [5.41, 5.74) is 2.28. The predicted octanol–water partition coefficient (Wildman–Crippen LogP) is 3.39. The Labute approximate surface area is 156 Å². The SMILES string of the molecule is COC(=O)c1c(CC(=O)NC(C)c2ccc(Cl)cc2)[nH]c(C(C)=O)c1C. The summed E-state index contributed by atoms with van der Waals surface area (Å²) in [5, 5.41) is 3.49. The molecule has 0 aliphatic heterocycles. The number of ketones is 1. The third kappa shape index (κ3) is 4.32. The Kier molecular flexibility index (Phi) is 6.21. The number of H-pyrrole nitrogens is 1. The molecule has 1 heterocycles. The molecule has 7 heteroatoms. The van der Waals surface area contributed by atoms with E-state index in [-0.39, 0.29) is 29.7 Å². The molecule has 2 rings (SSSR count). The predicted molar refractivity (Wildman–Crippen MR) is 98.6 cm³/mol. The van der Waals surface area contributed by atoms with Gasteiger partial charge in [-0.2, -0.15) is 0 Å². The van der Waals surface area contributed by atoms with Crippen molar-refractivity contribution in [3.63, 3.8) is 0 Å². The van der Waals surface area contributed by atoms with Gasteiger partial charge in [0.15, 0.2) is 5.78 Å². The monoisotopic (exact) mass is 376 g/mol. The van der Waals surface area contributed by atoms with Crippen molar-refractivity contribution in [2.24, 2.45) is 0 Å². The fourth-order valence-corrected chi connectivity index (χ4v) is 2.94. The number of esters is 1. The van der Waals surface area contributed by atoms with Crippen LogP contribution in [0.15, 0.2) is 24.3 Å². The third-order valence-corrected chi connectivity index (χ3v) is 4.41. The van der Waals surface area contributed by atoms with Crippen LogP contribution in [0.4, 0.5) is 0 Å². The van der Waals surface area contributed by atoms with Crippen LogP contribution in [-0.2, 0) is 16.0 Å². The first kappa shape index (κ1) is 19.7. The summed E-state index contributed by atoms with van der Waals surface area (Å²) in [6.07, 6.45) is -0.0729. The van der Waals surface area contributed by atoms with E-state index >= 15 is 0 Å². The van der Waals surface area contributed by atoms with Gasteiger partial charge in [-0.3, -0.25) is 9.59 Å². The van der Waals surface area contributed by atoms with Crippen LogP contribution in [-0.4, -0.2) is 29.8 Å². The topological polar surface area (TPSA) is 88.3 Å². The van der Waals surface area contributed by atoms with Crippen LogP contribution in [0, 0.1) is 6.92 Å². The molecule has 1 atom stereocenters. The minimum atomic E-state index is -0.584. The zero-order chi connectivity index (χ0) is 19.4. The maximum atomic E-state index is 12.4. The van der Waals surface area contributed by atoms with Gasteiger partial charge in [-0.05, 0) is 37.1 Å². The molecule has 0 saturated carbocycles. The summed E-state index contributed by atoms with van der Waals surface area (Å²) in [6.45, 7) is 4.90. The first-order valence-electron chi connectivity index (χ1n) is 8.10. The van der Waals surface area contributed by atoms with E-state index in [9.17, 15) is 14.4 Å². The van der Waals surface area contributed by atoms with Crippen molar-refractivity contribution in [1.82, 2.24) is 10.3 Å². The molecule has 0 aliphatic rings. The highest BCUT2D eigenvalue weighted by Gasteiger charge is 2.24. The number of rotatable bonds is 6. The van der Waals surface area contributed by atoms with Crippen LogP contribution in [0.25, 0.3) is 0 Å². The smallest absolute Gasteiger partial charge is 0.339 e. The molecule has 2 aromatic rings. The van der Waals surface area contributed by atoms with Crippen LogP contribution >= 0.6 is 11.6 Å². The van der Waals surface area contributed by atoms with Crippen LogP contribution in [0.2, 0.25) is 5.02 Å². The van der Waals surface area contributed by atoms with Crippen molar-refractivity contribution in [3.05, 3.63) is 57.4 Å². The van der Waals surface area contributed by atoms with Gasteiger partial charge in [-0.15, -0.1) is 0 Å². The standard InChI is InChI=1S/C19H21ClN2O4/c1-10-17(19(25)26-4)15(22-18(10)12(3)23)9-16(24)21-11(2)13-5-7-14(20)8-6-13/h5-8,11,22H,9H2,1-4H3,(H,21,24). The van der Waals surface area contributed by atoms with E-state index in [2.05, 4.69) is 10.3 Å². The lowest BCUT2D eigenvalue weighted by Crippen LogP contribution is -2.28. The van der Waals surface area contributed by atoms with E-state index in [0.717, 1.165) is 5.56 Å². The summed E-state index contributed by atoms with van der Waals surface area (Å²) in [5.74, 6) is -1.08. The van der Waals surface area contributed by atoms with Gasteiger partial charge in [0.05, 0.1) is 30.8 Å². The Morgan fingerprint density at radius 2 is 1.85 bits per heavy atom. The van der Waals surface area contributed by atoms with Crippen molar-refractivity contribution >= 4 is 29.3 Å². The second-order valence-corrected chi connectivity index (χ2v) is 6.48. The Bertz CT molecular complexity index is 840. The number of nitrogens with one attached hydrogen (secondary N) is 2. The quantitative estimate of drug-likeness (QED) is 0.597. The second kappa shape index (κ2) is 8.19. The first-order chi connectivity index (χ1) is 12.2. The summed E-state index contributed by atoms with van der Waals surface area (Å²) >= 11 is 5.87. The van der Waals surface area contributed by atoms with Gasteiger partial charge in [0.25, 0.3) is 0 Å². The molecule has 6 nitrogen and oxygen atoms in total. The lowest BCUT2D eigenvalue weighted by molar-refractivity contribution is -0.121. The number of ether oxygens (including phenoxy) is 1. The van der Waals surface area contributed by atoms with Crippen molar-refractivity contribution in [1.29, 1.82) is 0 Å². The van der Waals surface area contributed by atoms with Crippen LogP contribution in [0.3, 0.4) is 0 Å². The van der Waals surface area contributed by atoms with Crippen molar-refractivity contribution < 1.29 is 19.1 Å². The largest absolute Gasteiger partial charge is 0.465 e. The average Bonchev–Trinajstić information content (AvgIpc) is 2.91. The van der Waals surface area contributed by atoms with Gasteiger partial charge in [-0.1, -0.05) is 23.7 Å². The van der Waals surface area contributed by atoms with Gasteiger partial charge in [0.2, 0.25) is 5.91 Å². The van der Waals surface area contributed by atoms with E-state index in [1.54, 1.807) is 19.1 Å². The molecule has 1 unspecified atom stereocenters. The van der Waals surface area contributed by atoms with Crippen molar-refractivity contribution in [2.45, 2.75) is 33.2 Å². The fourth-order valence-electron chi connectivity index (χ4n) is 2.81. The molecule has 0 fully saturated rings. The molecule has 0 radical (unpaired) electrons. The molecule has 1 aromatic heterocycles. The van der Waals surface area contributed by atoms with Gasteiger partial charge >= 0.3 is 5.97 Å². The number of carbonyl (C=O) groups is 3. The zero-order valence-electron chi connectivity index (χ0n) is 15.1.